The molecular weight excluding hydrogens is 224 g/mol. The maximum absolute atomic E-state index is 11.1. The molecule has 0 aliphatic rings. The molecule has 1 aromatic carbocycles. The fraction of sp³-hybridized carbons (Fsp3) is 0.333. The molecule has 0 radical (unpaired) electrons. The highest BCUT2D eigenvalue weighted by Gasteiger charge is 2.09. The third kappa shape index (κ3) is 2.50. The van der Waals surface area contributed by atoms with Crippen molar-refractivity contribution in [3.05, 3.63) is 41.1 Å². The van der Waals surface area contributed by atoms with Gasteiger partial charge in [-0.2, -0.15) is 0 Å². The van der Waals surface area contributed by atoms with Crippen molar-refractivity contribution in [3.8, 4) is 0 Å². The summed E-state index contributed by atoms with van der Waals surface area (Å²) in [5, 5.41) is 1.03. The largest absolute Gasteiger partial charge is 0.369 e. The number of aryl methyl sites for hydroxylation is 1. The van der Waals surface area contributed by atoms with Crippen molar-refractivity contribution in [1.82, 2.24) is 4.98 Å². The minimum atomic E-state index is -0.308. The van der Waals surface area contributed by atoms with Gasteiger partial charge in [0.25, 0.3) is 0 Å². The molecular formula is C15H18N2O. The fourth-order valence-electron chi connectivity index (χ4n) is 2.15. The summed E-state index contributed by atoms with van der Waals surface area (Å²) in [6.45, 7) is 6.23. The number of carbonyl (C=O) groups excluding carboxylic acids is 1. The van der Waals surface area contributed by atoms with E-state index in [1.54, 1.807) is 0 Å². The number of aromatic nitrogens is 1. The number of fused-ring (bicyclic) bond motifs is 1. The van der Waals surface area contributed by atoms with E-state index in [0.29, 0.717) is 5.92 Å². The first-order valence-electron chi connectivity index (χ1n) is 6.16. The number of carbonyl (C=O) groups is 1. The first-order valence-corrected chi connectivity index (χ1v) is 6.16. The molecule has 0 bridgehead atoms. The molecule has 0 spiro atoms. The Morgan fingerprint density at radius 3 is 2.67 bits per heavy atom. The van der Waals surface area contributed by atoms with E-state index in [1.165, 1.54) is 5.56 Å². The van der Waals surface area contributed by atoms with Crippen LogP contribution in [-0.2, 0) is 11.2 Å². The number of pyridine rings is 1. The van der Waals surface area contributed by atoms with Gasteiger partial charge in [0.15, 0.2) is 0 Å². The predicted octanol–water partition coefficient (Wildman–Crippen LogP) is 2.69. The zero-order valence-corrected chi connectivity index (χ0v) is 11.0. The standard InChI is InChI=1S/C15H18N2O/c1-9(2)11-4-5-14-13(7-11)12(8-15(16)18)6-10(3)17-14/h4-7,9H,8H2,1-3H3,(H2,16,18). The number of hydrogen-bond donors (Lipinski definition) is 1. The van der Waals surface area contributed by atoms with Crippen molar-refractivity contribution >= 4 is 16.8 Å². The lowest BCUT2D eigenvalue weighted by Crippen LogP contribution is -2.14. The van der Waals surface area contributed by atoms with E-state index in [2.05, 4.69) is 31.0 Å². The van der Waals surface area contributed by atoms with Gasteiger partial charge in [-0.1, -0.05) is 19.9 Å². The number of primary amides is 1. The molecule has 0 atom stereocenters. The second-order valence-electron chi connectivity index (χ2n) is 5.00. The quantitative estimate of drug-likeness (QED) is 0.899. The van der Waals surface area contributed by atoms with Crippen LogP contribution in [0.5, 0.6) is 0 Å². The van der Waals surface area contributed by atoms with Gasteiger partial charge in [0.05, 0.1) is 11.9 Å². The molecule has 1 amide bonds. The van der Waals surface area contributed by atoms with E-state index in [1.807, 2.05) is 19.1 Å². The molecule has 0 aliphatic carbocycles. The van der Waals surface area contributed by atoms with Crippen LogP contribution in [0.1, 0.15) is 36.6 Å². The number of nitrogens with zero attached hydrogens (tertiary/aromatic N) is 1. The van der Waals surface area contributed by atoms with Gasteiger partial charge in [-0.25, -0.2) is 0 Å². The van der Waals surface area contributed by atoms with Gasteiger partial charge >= 0.3 is 0 Å². The molecule has 0 unspecified atom stereocenters. The fourth-order valence-corrected chi connectivity index (χ4v) is 2.15. The smallest absolute Gasteiger partial charge is 0.221 e. The van der Waals surface area contributed by atoms with E-state index in [4.69, 9.17) is 5.73 Å². The van der Waals surface area contributed by atoms with Crippen molar-refractivity contribution in [1.29, 1.82) is 0 Å². The first kappa shape index (κ1) is 12.6. The molecule has 0 fully saturated rings. The minimum Gasteiger partial charge on any atom is -0.369 e. The van der Waals surface area contributed by atoms with Crippen molar-refractivity contribution < 1.29 is 4.79 Å². The molecule has 94 valence electrons. The van der Waals surface area contributed by atoms with Crippen LogP contribution < -0.4 is 5.73 Å². The SMILES string of the molecule is Cc1cc(CC(N)=O)c2cc(C(C)C)ccc2n1. The zero-order valence-electron chi connectivity index (χ0n) is 11.0. The second kappa shape index (κ2) is 4.77. The summed E-state index contributed by atoms with van der Waals surface area (Å²) in [5.74, 6) is 0.147. The normalized spacial score (nSPS) is 11.1. The Bertz CT molecular complexity index is 603. The number of rotatable bonds is 3. The molecule has 18 heavy (non-hydrogen) atoms. The summed E-state index contributed by atoms with van der Waals surface area (Å²) in [6, 6.07) is 8.16. The molecule has 3 heteroatoms. The Kier molecular flexibility index (Phi) is 3.32. The molecule has 1 aromatic heterocycles. The Morgan fingerprint density at radius 1 is 1.33 bits per heavy atom. The van der Waals surface area contributed by atoms with Crippen LogP contribution in [0.2, 0.25) is 0 Å². The van der Waals surface area contributed by atoms with Gasteiger partial charge in [-0.05, 0) is 42.2 Å². The summed E-state index contributed by atoms with van der Waals surface area (Å²) in [5.41, 5.74) is 9.36. The molecule has 2 rings (SSSR count). The lowest BCUT2D eigenvalue weighted by molar-refractivity contribution is -0.117. The first-order chi connectivity index (χ1) is 8.47. The van der Waals surface area contributed by atoms with Gasteiger partial charge in [-0.15, -0.1) is 0 Å². The number of amides is 1. The molecule has 1 heterocycles. The van der Waals surface area contributed by atoms with E-state index in [-0.39, 0.29) is 12.3 Å². The highest BCUT2D eigenvalue weighted by molar-refractivity contribution is 5.88. The minimum absolute atomic E-state index is 0.265. The summed E-state index contributed by atoms with van der Waals surface area (Å²) in [4.78, 5) is 15.6. The van der Waals surface area contributed by atoms with E-state index >= 15 is 0 Å². The van der Waals surface area contributed by atoms with Crippen LogP contribution in [0.25, 0.3) is 10.9 Å². The summed E-state index contributed by atoms with van der Waals surface area (Å²) >= 11 is 0. The van der Waals surface area contributed by atoms with Crippen molar-refractivity contribution in [2.45, 2.75) is 33.1 Å². The molecule has 0 saturated heterocycles. The van der Waals surface area contributed by atoms with Crippen molar-refractivity contribution in [2.75, 3.05) is 0 Å². The molecule has 3 nitrogen and oxygen atoms in total. The second-order valence-corrected chi connectivity index (χ2v) is 5.00. The van der Waals surface area contributed by atoms with E-state index in [9.17, 15) is 4.79 Å². The van der Waals surface area contributed by atoms with Gasteiger partial charge in [0.1, 0.15) is 0 Å². The summed E-state index contributed by atoms with van der Waals surface area (Å²) in [6.07, 6.45) is 0.265. The van der Waals surface area contributed by atoms with E-state index < -0.39 is 0 Å². The Labute approximate surface area is 107 Å². The Hall–Kier alpha value is -1.90. The predicted molar refractivity (Wildman–Crippen MR) is 73.5 cm³/mol. The lowest BCUT2D eigenvalue weighted by Gasteiger charge is -2.10. The average Bonchev–Trinajstić information content (AvgIpc) is 2.27. The maximum Gasteiger partial charge on any atom is 0.221 e. The molecule has 0 aliphatic heterocycles. The lowest BCUT2D eigenvalue weighted by atomic mass is 9.97. The average molecular weight is 242 g/mol. The van der Waals surface area contributed by atoms with Gasteiger partial charge in [0.2, 0.25) is 5.91 Å². The molecule has 0 saturated carbocycles. The van der Waals surface area contributed by atoms with Crippen LogP contribution in [0.4, 0.5) is 0 Å². The van der Waals surface area contributed by atoms with E-state index in [0.717, 1.165) is 22.2 Å². The Morgan fingerprint density at radius 2 is 2.06 bits per heavy atom. The summed E-state index contributed by atoms with van der Waals surface area (Å²) in [7, 11) is 0. The topological polar surface area (TPSA) is 56.0 Å². The van der Waals surface area contributed by atoms with Crippen molar-refractivity contribution in [2.24, 2.45) is 5.73 Å². The number of benzene rings is 1. The van der Waals surface area contributed by atoms with Gasteiger partial charge < -0.3 is 5.73 Å². The monoisotopic (exact) mass is 242 g/mol. The Balaban J connectivity index is 2.65. The highest BCUT2D eigenvalue weighted by Crippen LogP contribution is 2.24. The van der Waals surface area contributed by atoms with Crippen LogP contribution in [0, 0.1) is 6.92 Å². The third-order valence-electron chi connectivity index (χ3n) is 3.08. The highest BCUT2D eigenvalue weighted by atomic mass is 16.1. The molecule has 2 N–H and O–H groups in total. The number of hydrogen-bond acceptors (Lipinski definition) is 2. The molecule has 2 aromatic rings. The van der Waals surface area contributed by atoms with Gasteiger partial charge in [-0.3, -0.25) is 9.78 Å². The zero-order chi connectivity index (χ0) is 13.3. The van der Waals surface area contributed by atoms with Gasteiger partial charge in [0, 0.05) is 11.1 Å². The van der Waals surface area contributed by atoms with Crippen LogP contribution in [-0.4, -0.2) is 10.9 Å². The van der Waals surface area contributed by atoms with Crippen molar-refractivity contribution in [3.63, 3.8) is 0 Å². The van der Waals surface area contributed by atoms with Crippen LogP contribution in [0.3, 0.4) is 0 Å². The maximum atomic E-state index is 11.1. The number of nitrogens with two attached hydrogens (primary N) is 1. The third-order valence-corrected chi connectivity index (χ3v) is 3.08. The van der Waals surface area contributed by atoms with Crippen LogP contribution in [0.15, 0.2) is 24.3 Å². The summed E-state index contributed by atoms with van der Waals surface area (Å²) < 4.78 is 0. The van der Waals surface area contributed by atoms with Crippen LogP contribution >= 0.6 is 0 Å².